The molecule has 0 atom stereocenters. The lowest BCUT2D eigenvalue weighted by atomic mass is 10.2. The average molecular weight is 343 g/mol. The summed E-state index contributed by atoms with van der Waals surface area (Å²) in [6.45, 7) is 8.53. The number of phenols is 1. The van der Waals surface area contributed by atoms with Gasteiger partial charge in [0.05, 0.1) is 17.4 Å². The van der Waals surface area contributed by atoms with Crippen LogP contribution in [0.2, 0.25) is 0 Å². The van der Waals surface area contributed by atoms with E-state index in [0.29, 0.717) is 13.1 Å². The molecule has 6 heteroatoms. The lowest BCUT2D eigenvalue weighted by Gasteiger charge is -2.27. The van der Waals surface area contributed by atoms with Gasteiger partial charge in [0.1, 0.15) is 11.4 Å². The summed E-state index contributed by atoms with van der Waals surface area (Å²) in [4.78, 5) is 20.7. The van der Waals surface area contributed by atoms with Gasteiger partial charge in [-0.15, -0.1) is 0 Å². The zero-order valence-electron chi connectivity index (χ0n) is 15.0. The van der Waals surface area contributed by atoms with Crippen LogP contribution in [0, 0.1) is 0 Å². The molecule has 25 heavy (non-hydrogen) atoms. The minimum Gasteiger partial charge on any atom is -0.508 e. The number of ether oxygens (including phenoxy) is 1. The maximum atomic E-state index is 12.3. The van der Waals surface area contributed by atoms with E-state index in [1.807, 2.05) is 33.0 Å². The van der Waals surface area contributed by atoms with Gasteiger partial charge < -0.3 is 19.6 Å². The van der Waals surface area contributed by atoms with Crippen molar-refractivity contribution < 1.29 is 14.6 Å². The Hall–Kier alpha value is -2.50. The van der Waals surface area contributed by atoms with Crippen LogP contribution >= 0.6 is 0 Å². The van der Waals surface area contributed by atoms with Gasteiger partial charge in [-0.3, -0.25) is 4.98 Å². The van der Waals surface area contributed by atoms with Crippen molar-refractivity contribution in [1.29, 1.82) is 0 Å². The van der Waals surface area contributed by atoms with Crippen LogP contribution in [0.3, 0.4) is 0 Å². The SMILES string of the molecule is CC(C)(C)OC(=O)N1CCCN(c2cnc3ccc(O)cc3c2)CC1. The molecule has 0 bridgehead atoms. The Labute approximate surface area is 148 Å². The molecule has 2 aromatic rings. The van der Waals surface area contributed by atoms with Gasteiger partial charge in [-0.2, -0.15) is 0 Å². The molecule has 0 radical (unpaired) electrons. The van der Waals surface area contributed by atoms with E-state index >= 15 is 0 Å². The second kappa shape index (κ2) is 6.78. The Morgan fingerprint density at radius 2 is 1.96 bits per heavy atom. The minimum absolute atomic E-state index is 0.235. The van der Waals surface area contributed by atoms with Gasteiger partial charge in [0.2, 0.25) is 0 Å². The molecule has 1 aromatic carbocycles. The first-order valence-electron chi connectivity index (χ1n) is 8.63. The lowest BCUT2D eigenvalue weighted by Crippen LogP contribution is -2.39. The van der Waals surface area contributed by atoms with Gasteiger partial charge in [-0.25, -0.2) is 4.79 Å². The predicted octanol–water partition coefficient (Wildman–Crippen LogP) is 3.39. The number of hydrogen-bond acceptors (Lipinski definition) is 5. The third-order valence-electron chi connectivity index (χ3n) is 4.16. The molecule has 1 aliphatic heterocycles. The highest BCUT2D eigenvalue weighted by atomic mass is 16.6. The van der Waals surface area contributed by atoms with E-state index in [1.165, 1.54) is 0 Å². The van der Waals surface area contributed by atoms with Gasteiger partial charge in [-0.1, -0.05) is 0 Å². The number of rotatable bonds is 1. The second-order valence-corrected chi connectivity index (χ2v) is 7.38. The van der Waals surface area contributed by atoms with Crippen molar-refractivity contribution in [3.63, 3.8) is 0 Å². The van der Waals surface area contributed by atoms with Crippen molar-refractivity contribution in [3.8, 4) is 5.75 Å². The van der Waals surface area contributed by atoms with Gasteiger partial charge in [0.15, 0.2) is 0 Å². The van der Waals surface area contributed by atoms with Crippen LogP contribution in [0.15, 0.2) is 30.5 Å². The fourth-order valence-corrected chi connectivity index (χ4v) is 2.97. The number of aromatic hydroxyl groups is 1. The summed E-state index contributed by atoms with van der Waals surface area (Å²) in [5.41, 5.74) is 1.38. The molecule has 0 saturated carbocycles. The summed E-state index contributed by atoms with van der Waals surface area (Å²) < 4.78 is 5.47. The summed E-state index contributed by atoms with van der Waals surface area (Å²) in [5.74, 6) is 0.235. The van der Waals surface area contributed by atoms with Crippen molar-refractivity contribution in [3.05, 3.63) is 30.5 Å². The van der Waals surface area contributed by atoms with Crippen molar-refractivity contribution in [2.45, 2.75) is 32.8 Å². The molecule has 2 heterocycles. The van der Waals surface area contributed by atoms with Crippen LogP contribution in [0.1, 0.15) is 27.2 Å². The van der Waals surface area contributed by atoms with Crippen LogP contribution in [-0.4, -0.2) is 52.9 Å². The quantitative estimate of drug-likeness (QED) is 0.860. The van der Waals surface area contributed by atoms with E-state index in [4.69, 9.17) is 4.74 Å². The fourth-order valence-electron chi connectivity index (χ4n) is 2.97. The maximum absolute atomic E-state index is 12.3. The molecule has 1 N–H and O–H groups in total. The molecule has 0 aliphatic carbocycles. The van der Waals surface area contributed by atoms with E-state index in [9.17, 15) is 9.90 Å². The Bertz CT molecular complexity index is 770. The number of aromatic nitrogens is 1. The number of carbonyl (C=O) groups excluding carboxylic acids is 1. The first-order chi connectivity index (χ1) is 11.8. The second-order valence-electron chi connectivity index (χ2n) is 7.38. The third-order valence-corrected chi connectivity index (χ3v) is 4.16. The first-order valence-corrected chi connectivity index (χ1v) is 8.63. The van der Waals surface area contributed by atoms with Crippen LogP contribution in [0.25, 0.3) is 10.9 Å². The van der Waals surface area contributed by atoms with Crippen molar-refractivity contribution >= 4 is 22.7 Å². The normalized spacial score (nSPS) is 16.0. The largest absolute Gasteiger partial charge is 0.508 e. The van der Waals surface area contributed by atoms with Crippen molar-refractivity contribution in [2.75, 3.05) is 31.1 Å². The van der Waals surface area contributed by atoms with E-state index in [1.54, 1.807) is 23.1 Å². The van der Waals surface area contributed by atoms with Crippen LogP contribution < -0.4 is 4.90 Å². The van der Waals surface area contributed by atoms with Gasteiger partial charge >= 0.3 is 6.09 Å². The summed E-state index contributed by atoms with van der Waals surface area (Å²) in [5, 5.41) is 10.6. The topological polar surface area (TPSA) is 65.9 Å². The molecule has 0 spiro atoms. The highest BCUT2D eigenvalue weighted by Gasteiger charge is 2.24. The Kier molecular flexibility index (Phi) is 4.70. The molecule has 1 fully saturated rings. The van der Waals surface area contributed by atoms with E-state index in [2.05, 4.69) is 9.88 Å². The molecule has 3 rings (SSSR count). The summed E-state index contributed by atoms with van der Waals surface area (Å²) in [6.07, 6.45) is 2.47. The molecule has 0 unspecified atom stereocenters. The summed E-state index contributed by atoms with van der Waals surface area (Å²) >= 11 is 0. The van der Waals surface area contributed by atoms with Crippen LogP contribution in [0.4, 0.5) is 10.5 Å². The fraction of sp³-hybridized carbons (Fsp3) is 0.474. The Morgan fingerprint density at radius 3 is 2.72 bits per heavy atom. The molecule has 1 aliphatic rings. The number of benzene rings is 1. The number of phenolic OH excluding ortho intramolecular Hbond substituents is 1. The highest BCUT2D eigenvalue weighted by Crippen LogP contribution is 2.24. The third kappa shape index (κ3) is 4.32. The maximum Gasteiger partial charge on any atom is 0.410 e. The number of amides is 1. The number of hydrogen-bond donors (Lipinski definition) is 1. The zero-order chi connectivity index (χ0) is 18.0. The van der Waals surface area contributed by atoms with Crippen LogP contribution in [0.5, 0.6) is 5.75 Å². The Morgan fingerprint density at radius 1 is 1.16 bits per heavy atom. The number of anilines is 1. The summed E-state index contributed by atoms with van der Waals surface area (Å²) in [6, 6.07) is 7.20. The van der Waals surface area contributed by atoms with Gasteiger partial charge in [0, 0.05) is 31.6 Å². The molecule has 134 valence electrons. The zero-order valence-corrected chi connectivity index (χ0v) is 15.0. The number of pyridine rings is 1. The summed E-state index contributed by atoms with van der Waals surface area (Å²) in [7, 11) is 0. The predicted molar refractivity (Wildman–Crippen MR) is 98.0 cm³/mol. The monoisotopic (exact) mass is 343 g/mol. The average Bonchev–Trinajstić information content (AvgIpc) is 2.78. The molecular formula is C19H25N3O3. The van der Waals surface area contributed by atoms with Crippen molar-refractivity contribution in [1.82, 2.24) is 9.88 Å². The number of carbonyl (C=O) groups is 1. The highest BCUT2D eigenvalue weighted by molar-refractivity contribution is 5.83. The lowest BCUT2D eigenvalue weighted by molar-refractivity contribution is 0.0263. The smallest absolute Gasteiger partial charge is 0.410 e. The molecule has 1 saturated heterocycles. The molecule has 1 amide bonds. The molecule has 1 aromatic heterocycles. The van der Waals surface area contributed by atoms with Gasteiger partial charge in [0.25, 0.3) is 0 Å². The van der Waals surface area contributed by atoms with Crippen molar-refractivity contribution in [2.24, 2.45) is 0 Å². The van der Waals surface area contributed by atoms with E-state index in [-0.39, 0.29) is 11.8 Å². The molecule has 6 nitrogen and oxygen atoms in total. The standard InChI is InChI=1S/C19H25N3O3/c1-19(2,3)25-18(24)22-8-4-7-21(9-10-22)15-11-14-12-16(23)5-6-17(14)20-13-15/h5-6,11-13,23H,4,7-10H2,1-3H3. The number of nitrogens with zero attached hydrogens (tertiary/aromatic N) is 3. The van der Waals surface area contributed by atoms with E-state index in [0.717, 1.165) is 36.1 Å². The minimum atomic E-state index is -0.479. The van der Waals surface area contributed by atoms with E-state index < -0.39 is 5.60 Å². The first kappa shape index (κ1) is 17.3. The van der Waals surface area contributed by atoms with Crippen LogP contribution in [-0.2, 0) is 4.74 Å². The van der Waals surface area contributed by atoms with Gasteiger partial charge in [-0.05, 0) is 51.5 Å². The molecular weight excluding hydrogens is 318 g/mol. The Balaban J connectivity index is 1.71. The number of fused-ring (bicyclic) bond motifs is 1.